The molecule has 1 amide bonds. The second kappa shape index (κ2) is 8.05. The van der Waals surface area contributed by atoms with Crippen molar-refractivity contribution in [3.8, 4) is 5.75 Å². The number of benzene rings is 1. The second-order valence-corrected chi connectivity index (χ2v) is 6.93. The molecule has 0 radical (unpaired) electrons. The van der Waals surface area contributed by atoms with Gasteiger partial charge in [-0.15, -0.1) is 0 Å². The molecule has 0 aliphatic carbocycles. The molecule has 2 heterocycles. The van der Waals surface area contributed by atoms with Crippen LogP contribution in [0.3, 0.4) is 0 Å². The summed E-state index contributed by atoms with van der Waals surface area (Å²) < 4.78 is 20.5. The number of aromatic nitrogens is 2. The minimum absolute atomic E-state index is 0.126. The Morgan fingerprint density at radius 3 is 2.81 bits per heavy atom. The Morgan fingerprint density at radius 1 is 1.38 bits per heavy atom. The van der Waals surface area contributed by atoms with E-state index in [1.54, 1.807) is 19.2 Å². The lowest BCUT2D eigenvalue weighted by Gasteiger charge is -2.30. The van der Waals surface area contributed by atoms with Gasteiger partial charge in [-0.2, -0.15) is 5.10 Å². The number of nitrogens with zero attached hydrogens (tertiary/aromatic N) is 3. The second-order valence-electron chi connectivity index (χ2n) is 6.52. The van der Waals surface area contributed by atoms with Gasteiger partial charge in [0.1, 0.15) is 17.4 Å². The quantitative estimate of drug-likeness (QED) is 0.864. The fourth-order valence-electron chi connectivity index (χ4n) is 2.99. The molecule has 1 N–H and O–H groups in total. The summed E-state index contributed by atoms with van der Waals surface area (Å²) in [6.07, 6.45) is 2.85. The number of hydrogen-bond donors (Lipinski definition) is 1. The third kappa shape index (κ3) is 4.34. The standard InChI is InChI=1S/C18H22ClFN4O2/c1-12(26-16-4-3-13(20)11-15(16)19)18(25)22-17-5-8-21-24(17)14-6-9-23(2)10-7-14/h3-5,8,11-12,14H,6-7,9-10H2,1-2H3,(H,22,25). The van der Waals surface area contributed by atoms with Gasteiger partial charge in [0.05, 0.1) is 17.3 Å². The topological polar surface area (TPSA) is 59.4 Å². The Kier molecular flexibility index (Phi) is 5.78. The number of likely N-dealkylation sites (tertiary alicyclic amines) is 1. The van der Waals surface area contributed by atoms with Gasteiger partial charge in [0.15, 0.2) is 6.10 Å². The Labute approximate surface area is 156 Å². The molecule has 0 saturated carbocycles. The van der Waals surface area contributed by atoms with Crippen LogP contribution in [0.5, 0.6) is 5.75 Å². The van der Waals surface area contributed by atoms with E-state index >= 15 is 0 Å². The highest BCUT2D eigenvalue weighted by molar-refractivity contribution is 6.32. The van der Waals surface area contributed by atoms with Crippen molar-refractivity contribution in [3.63, 3.8) is 0 Å². The lowest BCUT2D eigenvalue weighted by Crippen LogP contribution is -2.34. The summed E-state index contributed by atoms with van der Waals surface area (Å²) in [6.45, 7) is 3.62. The SMILES string of the molecule is CC(Oc1ccc(F)cc1Cl)C(=O)Nc1ccnn1C1CCN(C)CC1. The molecule has 26 heavy (non-hydrogen) atoms. The van der Waals surface area contributed by atoms with Crippen LogP contribution >= 0.6 is 11.6 Å². The van der Waals surface area contributed by atoms with Gasteiger partial charge in [-0.3, -0.25) is 4.79 Å². The summed E-state index contributed by atoms with van der Waals surface area (Å²) >= 11 is 5.94. The van der Waals surface area contributed by atoms with Crippen molar-refractivity contribution in [2.24, 2.45) is 0 Å². The van der Waals surface area contributed by atoms with Gasteiger partial charge in [0, 0.05) is 6.07 Å². The molecule has 1 fully saturated rings. The molecule has 1 aromatic heterocycles. The van der Waals surface area contributed by atoms with Crippen molar-refractivity contribution in [2.45, 2.75) is 31.9 Å². The van der Waals surface area contributed by atoms with Crippen molar-refractivity contribution >= 4 is 23.3 Å². The Balaban J connectivity index is 1.64. The molecule has 0 bridgehead atoms. The number of ether oxygens (including phenoxy) is 1. The van der Waals surface area contributed by atoms with Gasteiger partial charge in [-0.1, -0.05) is 11.6 Å². The van der Waals surface area contributed by atoms with Gasteiger partial charge in [-0.05, 0) is 58.1 Å². The third-order valence-electron chi connectivity index (χ3n) is 4.52. The van der Waals surface area contributed by atoms with Gasteiger partial charge in [-0.25, -0.2) is 9.07 Å². The molecular formula is C18H22ClFN4O2. The molecule has 1 unspecified atom stereocenters. The first kappa shape index (κ1) is 18.7. The number of carbonyl (C=O) groups is 1. The maximum absolute atomic E-state index is 13.1. The number of halogens is 2. The fraction of sp³-hybridized carbons (Fsp3) is 0.444. The van der Waals surface area contributed by atoms with Crippen LogP contribution in [0.2, 0.25) is 5.02 Å². The average molecular weight is 381 g/mol. The predicted molar refractivity (Wildman–Crippen MR) is 98.1 cm³/mol. The van der Waals surface area contributed by atoms with Crippen LogP contribution < -0.4 is 10.1 Å². The minimum atomic E-state index is -0.793. The summed E-state index contributed by atoms with van der Waals surface area (Å²) in [5.74, 6) is 0.131. The molecule has 6 nitrogen and oxygen atoms in total. The monoisotopic (exact) mass is 380 g/mol. The molecule has 1 aliphatic heterocycles. The van der Waals surface area contributed by atoms with Gasteiger partial charge in [0.25, 0.3) is 5.91 Å². The van der Waals surface area contributed by atoms with E-state index in [0.29, 0.717) is 5.82 Å². The molecule has 8 heteroatoms. The van der Waals surface area contributed by atoms with E-state index in [0.717, 1.165) is 32.0 Å². The van der Waals surface area contributed by atoms with Crippen LogP contribution in [0, 0.1) is 5.82 Å². The Bertz CT molecular complexity index is 774. The maximum atomic E-state index is 13.1. The minimum Gasteiger partial charge on any atom is -0.479 e. The van der Waals surface area contributed by atoms with E-state index in [1.165, 1.54) is 12.1 Å². The molecule has 2 aromatic rings. The first-order valence-corrected chi connectivity index (χ1v) is 8.96. The number of carbonyl (C=O) groups excluding carboxylic acids is 1. The van der Waals surface area contributed by atoms with Crippen LogP contribution in [0.25, 0.3) is 0 Å². The van der Waals surface area contributed by atoms with Crippen LogP contribution in [-0.2, 0) is 4.79 Å². The smallest absolute Gasteiger partial charge is 0.266 e. The molecule has 0 spiro atoms. The van der Waals surface area contributed by atoms with E-state index < -0.39 is 11.9 Å². The lowest BCUT2D eigenvalue weighted by atomic mass is 10.1. The van der Waals surface area contributed by atoms with Crippen LogP contribution in [0.1, 0.15) is 25.8 Å². The van der Waals surface area contributed by atoms with Crippen molar-refractivity contribution in [1.82, 2.24) is 14.7 Å². The summed E-state index contributed by atoms with van der Waals surface area (Å²) in [7, 11) is 2.10. The van der Waals surface area contributed by atoms with E-state index in [-0.39, 0.29) is 22.7 Å². The summed E-state index contributed by atoms with van der Waals surface area (Å²) in [5.41, 5.74) is 0. The average Bonchev–Trinajstić information content (AvgIpc) is 3.06. The first-order valence-electron chi connectivity index (χ1n) is 8.58. The zero-order valence-electron chi connectivity index (χ0n) is 14.8. The molecule has 1 saturated heterocycles. The number of hydrogen-bond acceptors (Lipinski definition) is 4. The molecule has 1 aliphatic rings. The molecule has 3 rings (SSSR count). The molecule has 140 valence electrons. The molecule has 1 aromatic carbocycles. The van der Waals surface area contributed by atoms with Crippen molar-refractivity contribution < 1.29 is 13.9 Å². The number of nitrogens with one attached hydrogen (secondary N) is 1. The number of amides is 1. The van der Waals surface area contributed by atoms with E-state index in [9.17, 15) is 9.18 Å². The number of rotatable bonds is 5. The van der Waals surface area contributed by atoms with E-state index in [2.05, 4.69) is 22.4 Å². The fourth-order valence-corrected chi connectivity index (χ4v) is 3.20. The maximum Gasteiger partial charge on any atom is 0.266 e. The predicted octanol–water partition coefficient (Wildman–Crippen LogP) is 3.35. The van der Waals surface area contributed by atoms with Crippen molar-refractivity contribution in [2.75, 3.05) is 25.5 Å². The highest BCUT2D eigenvalue weighted by Crippen LogP contribution is 2.27. The summed E-state index contributed by atoms with van der Waals surface area (Å²) in [4.78, 5) is 14.8. The largest absolute Gasteiger partial charge is 0.479 e. The Hall–Kier alpha value is -2.12. The van der Waals surface area contributed by atoms with Crippen LogP contribution in [0.15, 0.2) is 30.5 Å². The highest BCUT2D eigenvalue weighted by atomic mass is 35.5. The van der Waals surface area contributed by atoms with E-state index in [1.807, 2.05) is 4.68 Å². The summed E-state index contributed by atoms with van der Waals surface area (Å²) in [6, 6.07) is 5.83. The van der Waals surface area contributed by atoms with E-state index in [4.69, 9.17) is 16.3 Å². The normalized spacial score (nSPS) is 17.1. The van der Waals surface area contributed by atoms with Crippen molar-refractivity contribution in [1.29, 1.82) is 0 Å². The number of piperidine rings is 1. The van der Waals surface area contributed by atoms with Crippen molar-refractivity contribution in [3.05, 3.63) is 41.3 Å². The highest BCUT2D eigenvalue weighted by Gasteiger charge is 2.23. The molecular weight excluding hydrogens is 359 g/mol. The zero-order chi connectivity index (χ0) is 18.7. The molecule has 1 atom stereocenters. The van der Waals surface area contributed by atoms with Gasteiger partial charge in [0.2, 0.25) is 0 Å². The zero-order valence-corrected chi connectivity index (χ0v) is 15.5. The van der Waals surface area contributed by atoms with Crippen LogP contribution in [0.4, 0.5) is 10.2 Å². The number of anilines is 1. The third-order valence-corrected chi connectivity index (χ3v) is 4.82. The lowest BCUT2D eigenvalue weighted by molar-refractivity contribution is -0.122. The van der Waals surface area contributed by atoms with Crippen LogP contribution in [-0.4, -0.2) is 46.8 Å². The van der Waals surface area contributed by atoms with Gasteiger partial charge >= 0.3 is 0 Å². The first-order chi connectivity index (χ1) is 12.4. The summed E-state index contributed by atoms with van der Waals surface area (Å²) in [5, 5.41) is 7.35. The van der Waals surface area contributed by atoms with Gasteiger partial charge < -0.3 is 15.0 Å². The Morgan fingerprint density at radius 2 is 2.12 bits per heavy atom.